The molecule has 0 spiro atoms. The number of carbonyl (C=O) groups excluding carboxylic acids is 3. The highest BCUT2D eigenvalue weighted by molar-refractivity contribution is 6.39. The number of aryl methyl sites for hydroxylation is 2. The van der Waals surface area contributed by atoms with Gasteiger partial charge >= 0.3 is 6.03 Å². The normalized spacial score (nSPS) is 14.9. The number of hydrogen-bond donors (Lipinski definition) is 1. The molecule has 0 atom stereocenters. The van der Waals surface area contributed by atoms with E-state index >= 15 is 0 Å². The number of nitrogens with zero attached hydrogens (tertiary/aromatic N) is 1. The topological polar surface area (TPSA) is 75.7 Å². The lowest BCUT2D eigenvalue weighted by Crippen LogP contribution is -2.54. The maximum absolute atomic E-state index is 14.2. The highest BCUT2D eigenvalue weighted by atomic mass is 19.1. The summed E-state index contributed by atoms with van der Waals surface area (Å²) >= 11 is 0. The van der Waals surface area contributed by atoms with E-state index in [-0.39, 0.29) is 11.4 Å². The second kappa shape index (κ2) is 9.93. The standard InChI is InChI=1S/C28H25FN2O4/c1-4-35-25-15-19(11-12-21(25)16-20-7-5-6-8-23(20)29)14-22-26(32)30-28(34)31(27(22)33)24-13-17(2)9-10-18(24)3/h5-15H,4,16H2,1-3H3,(H,30,32,34)/b22-14+. The Balaban J connectivity index is 1.70. The van der Waals surface area contributed by atoms with Crippen LogP contribution in [0.2, 0.25) is 0 Å². The summed E-state index contributed by atoms with van der Waals surface area (Å²) in [4.78, 5) is 39.4. The summed E-state index contributed by atoms with van der Waals surface area (Å²) in [5.74, 6) is -1.26. The lowest BCUT2D eigenvalue weighted by Gasteiger charge is -2.27. The molecule has 0 bridgehead atoms. The fraction of sp³-hybridized carbons (Fsp3) is 0.179. The second-order valence-electron chi connectivity index (χ2n) is 8.32. The van der Waals surface area contributed by atoms with Crippen molar-refractivity contribution in [3.63, 3.8) is 0 Å². The number of carbonyl (C=O) groups is 3. The number of barbiturate groups is 1. The SMILES string of the molecule is CCOc1cc(/C=C2\C(=O)NC(=O)N(c3cc(C)ccc3C)C2=O)ccc1Cc1ccccc1F. The predicted octanol–water partition coefficient (Wildman–Crippen LogP) is 5.10. The highest BCUT2D eigenvalue weighted by Gasteiger charge is 2.37. The Hall–Kier alpha value is -4.26. The molecule has 0 aromatic heterocycles. The number of rotatable bonds is 6. The monoisotopic (exact) mass is 472 g/mol. The van der Waals surface area contributed by atoms with E-state index < -0.39 is 17.8 Å². The fourth-order valence-electron chi connectivity index (χ4n) is 3.95. The van der Waals surface area contributed by atoms with Gasteiger partial charge in [-0.25, -0.2) is 14.1 Å². The number of amides is 4. The number of urea groups is 1. The Morgan fingerprint density at radius 1 is 0.971 bits per heavy atom. The lowest BCUT2D eigenvalue weighted by atomic mass is 10.00. The van der Waals surface area contributed by atoms with Crippen LogP contribution in [0.4, 0.5) is 14.9 Å². The summed E-state index contributed by atoms with van der Waals surface area (Å²) in [6.45, 7) is 5.87. The number of imide groups is 2. The van der Waals surface area contributed by atoms with Crippen molar-refractivity contribution < 1.29 is 23.5 Å². The van der Waals surface area contributed by atoms with Crippen LogP contribution in [0.3, 0.4) is 0 Å². The van der Waals surface area contributed by atoms with Crippen molar-refractivity contribution in [2.75, 3.05) is 11.5 Å². The van der Waals surface area contributed by atoms with Crippen LogP contribution in [0, 0.1) is 19.7 Å². The molecule has 0 aliphatic carbocycles. The summed E-state index contributed by atoms with van der Waals surface area (Å²) in [6.07, 6.45) is 1.75. The zero-order valence-corrected chi connectivity index (χ0v) is 19.7. The zero-order valence-electron chi connectivity index (χ0n) is 19.7. The van der Waals surface area contributed by atoms with Crippen LogP contribution >= 0.6 is 0 Å². The number of benzene rings is 3. The molecule has 4 rings (SSSR count). The minimum atomic E-state index is -0.791. The van der Waals surface area contributed by atoms with Crippen LogP contribution in [0.15, 0.2) is 66.2 Å². The van der Waals surface area contributed by atoms with Gasteiger partial charge in [0.05, 0.1) is 12.3 Å². The molecule has 1 N–H and O–H groups in total. The molecule has 1 aliphatic heterocycles. The van der Waals surface area contributed by atoms with Crippen LogP contribution in [0.1, 0.15) is 34.7 Å². The summed E-state index contributed by atoms with van der Waals surface area (Å²) in [7, 11) is 0. The van der Waals surface area contributed by atoms with Gasteiger partial charge in [0.15, 0.2) is 0 Å². The molecule has 1 heterocycles. The van der Waals surface area contributed by atoms with E-state index in [1.165, 1.54) is 12.1 Å². The maximum atomic E-state index is 14.2. The van der Waals surface area contributed by atoms with Gasteiger partial charge in [0.1, 0.15) is 17.1 Å². The van der Waals surface area contributed by atoms with Crippen LogP contribution in [-0.2, 0) is 16.0 Å². The Labute approximate surface area is 203 Å². The van der Waals surface area contributed by atoms with Crippen molar-refractivity contribution in [2.24, 2.45) is 0 Å². The molecule has 7 heteroatoms. The molecule has 0 unspecified atom stereocenters. The first-order chi connectivity index (χ1) is 16.8. The molecular weight excluding hydrogens is 447 g/mol. The Morgan fingerprint density at radius 3 is 2.49 bits per heavy atom. The van der Waals surface area contributed by atoms with Crippen LogP contribution in [0.5, 0.6) is 5.75 Å². The summed E-state index contributed by atoms with van der Waals surface area (Å²) in [5.41, 5.74) is 3.69. The van der Waals surface area contributed by atoms with E-state index in [1.807, 2.05) is 26.0 Å². The molecule has 1 fully saturated rings. The van der Waals surface area contributed by atoms with Crippen LogP contribution in [-0.4, -0.2) is 24.5 Å². The third-order valence-corrected chi connectivity index (χ3v) is 5.75. The summed E-state index contributed by atoms with van der Waals surface area (Å²) in [5, 5.41) is 2.25. The molecule has 4 amide bonds. The molecule has 35 heavy (non-hydrogen) atoms. The lowest BCUT2D eigenvalue weighted by molar-refractivity contribution is -0.122. The van der Waals surface area contributed by atoms with E-state index in [2.05, 4.69) is 5.32 Å². The smallest absolute Gasteiger partial charge is 0.335 e. The Morgan fingerprint density at radius 2 is 1.74 bits per heavy atom. The zero-order chi connectivity index (χ0) is 25.1. The van der Waals surface area contributed by atoms with E-state index in [4.69, 9.17) is 4.74 Å². The summed E-state index contributed by atoms with van der Waals surface area (Å²) < 4.78 is 19.9. The molecule has 1 saturated heterocycles. The third-order valence-electron chi connectivity index (χ3n) is 5.75. The van der Waals surface area contributed by atoms with Gasteiger partial charge in [0.25, 0.3) is 11.8 Å². The second-order valence-corrected chi connectivity index (χ2v) is 8.32. The number of ether oxygens (including phenoxy) is 1. The number of halogens is 1. The van der Waals surface area contributed by atoms with E-state index in [0.29, 0.717) is 35.6 Å². The van der Waals surface area contributed by atoms with E-state index in [1.54, 1.807) is 49.4 Å². The molecule has 6 nitrogen and oxygen atoms in total. The van der Waals surface area contributed by atoms with E-state index in [9.17, 15) is 18.8 Å². The van der Waals surface area contributed by atoms with Gasteiger partial charge in [-0.15, -0.1) is 0 Å². The average Bonchev–Trinajstić information content (AvgIpc) is 2.82. The predicted molar refractivity (Wildman–Crippen MR) is 132 cm³/mol. The third kappa shape index (κ3) is 4.99. The Bertz CT molecular complexity index is 1360. The minimum absolute atomic E-state index is 0.171. The van der Waals surface area contributed by atoms with Crippen LogP contribution < -0.4 is 15.0 Å². The summed E-state index contributed by atoms with van der Waals surface area (Å²) in [6, 6.07) is 16.4. The number of anilines is 1. The average molecular weight is 473 g/mol. The number of nitrogens with one attached hydrogen (secondary N) is 1. The van der Waals surface area contributed by atoms with Crippen LogP contribution in [0.25, 0.3) is 6.08 Å². The first-order valence-corrected chi connectivity index (χ1v) is 11.3. The van der Waals surface area contributed by atoms with Crippen molar-refractivity contribution in [2.45, 2.75) is 27.2 Å². The molecule has 3 aromatic carbocycles. The van der Waals surface area contributed by atoms with Gasteiger partial charge < -0.3 is 4.74 Å². The molecule has 1 aliphatic rings. The molecule has 3 aromatic rings. The van der Waals surface area contributed by atoms with Gasteiger partial charge in [-0.1, -0.05) is 42.5 Å². The van der Waals surface area contributed by atoms with Crippen molar-refractivity contribution in [1.82, 2.24) is 5.32 Å². The Kier molecular flexibility index (Phi) is 6.78. The van der Waals surface area contributed by atoms with Crippen molar-refractivity contribution in [3.8, 4) is 5.75 Å². The molecule has 178 valence electrons. The largest absolute Gasteiger partial charge is 0.494 e. The highest BCUT2D eigenvalue weighted by Crippen LogP contribution is 2.29. The molecule has 0 saturated carbocycles. The molecular formula is C28H25FN2O4. The van der Waals surface area contributed by atoms with Crippen molar-refractivity contribution in [3.05, 3.63) is 99.9 Å². The van der Waals surface area contributed by atoms with Gasteiger partial charge in [-0.05, 0) is 72.9 Å². The van der Waals surface area contributed by atoms with Crippen molar-refractivity contribution in [1.29, 1.82) is 0 Å². The van der Waals surface area contributed by atoms with Gasteiger partial charge in [0, 0.05) is 6.42 Å². The first kappa shape index (κ1) is 23.9. The fourth-order valence-corrected chi connectivity index (χ4v) is 3.95. The molecule has 0 radical (unpaired) electrons. The van der Waals surface area contributed by atoms with Crippen molar-refractivity contribution >= 4 is 29.6 Å². The van der Waals surface area contributed by atoms with Gasteiger partial charge in [0.2, 0.25) is 0 Å². The quantitative estimate of drug-likeness (QED) is 0.400. The first-order valence-electron chi connectivity index (χ1n) is 11.3. The van der Waals surface area contributed by atoms with Gasteiger partial charge in [-0.2, -0.15) is 0 Å². The van der Waals surface area contributed by atoms with E-state index in [0.717, 1.165) is 21.6 Å². The minimum Gasteiger partial charge on any atom is -0.494 e. The van der Waals surface area contributed by atoms with Gasteiger partial charge in [-0.3, -0.25) is 14.9 Å². The number of hydrogen-bond acceptors (Lipinski definition) is 4. The maximum Gasteiger partial charge on any atom is 0.335 e.